The third kappa shape index (κ3) is 12.0. The number of anilines is 1. The van der Waals surface area contributed by atoms with Crippen LogP contribution in [-0.2, 0) is 46.3 Å². The van der Waals surface area contributed by atoms with Crippen molar-refractivity contribution in [2.24, 2.45) is 23.2 Å². The maximum Gasteiger partial charge on any atom is 0.309 e. The number of amides is 3. The summed E-state index contributed by atoms with van der Waals surface area (Å²) in [4.78, 5) is 99.1. The van der Waals surface area contributed by atoms with Gasteiger partial charge in [-0.2, -0.15) is 0 Å². The maximum absolute atomic E-state index is 15.0. The van der Waals surface area contributed by atoms with Crippen molar-refractivity contribution in [3.05, 3.63) is 65.0 Å². The van der Waals surface area contributed by atoms with E-state index in [-0.39, 0.29) is 48.9 Å². The lowest BCUT2D eigenvalue weighted by Gasteiger charge is -2.36. The number of rotatable bonds is 17. The van der Waals surface area contributed by atoms with Gasteiger partial charge in [-0.1, -0.05) is 59.2 Å². The molecule has 2 aromatic carbocycles. The van der Waals surface area contributed by atoms with E-state index in [0.29, 0.717) is 81.3 Å². The molecule has 3 fully saturated rings. The van der Waals surface area contributed by atoms with Crippen molar-refractivity contribution in [2.45, 2.75) is 149 Å². The van der Waals surface area contributed by atoms with Crippen LogP contribution in [0.4, 0.5) is 10.1 Å². The van der Waals surface area contributed by atoms with Gasteiger partial charge in [0.05, 0.1) is 31.1 Å². The molecule has 2 saturated heterocycles. The Morgan fingerprint density at radius 2 is 1.59 bits per heavy atom. The Morgan fingerprint density at radius 1 is 0.875 bits per heavy atom. The minimum Gasteiger partial charge on any atom is -0.460 e. The maximum atomic E-state index is 15.0. The van der Waals surface area contributed by atoms with Crippen LogP contribution >= 0.6 is 0 Å². The number of benzene rings is 2. The number of Topliss-reactive ketones (excluding diaryl/α,β-unsaturated/α-hetero) is 3. The van der Waals surface area contributed by atoms with Gasteiger partial charge in [-0.25, -0.2) is 4.39 Å². The standard InChI is InChI=1S/C50H68FN5O8/c1-7-30(2)42(43(58)31(3)52-28-41(57)44(59)33-21-22-33)54-46(60)40-27-37(64-49(63)34-15-12-18-38-32(20-23-34)14-13-19-39(38)51)29-56(40)48(62)45(50(4,5)6)53-36-17-11-16-35(26-36)47(61)55-24-9-8-10-25-55/h11,13-14,16-17,19,26,30-31,33-34,37,40,42,45,52-53H,7-10,12,15,18,20-25,27-29H2,1-6H3,(H,54,60). The number of carbonyl (C=O) groups is 7. The SMILES string of the molecule is CCC(C)C(NC(=O)C1CC(OC(=O)C2CCCc3c(F)cccc3CC2)CN1C(=O)C(Nc1cccc(C(=O)N2CCCCC2)c1)C(C)(C)C)C(=O)C(C)NCC(=O)C(=O)C1CC1. The van der Waals surface area contributed by atoms with Gasteiger partial charge in [0.2, 0.25) is 23.4 Å². The summed E-state index contributed by atoms with van der Waals surface area (Å²) in [5, 5.41) is 9.23. The summed E-state index contributed by atoms with van der Waals surface area (Å²) in [6, 6.07) is 8.24. The van der Waals surface area contributed by atoms with Crippen molar-refractivity contribution >= 4 is 46.7 Å². The summed E-state index contributed by atoms with van der Waals surface area (Å²) in [7, 11) is 0. The predicted octanol–water partition coefficient (Wildman–Crippen LogP) is 6.00. The molecular weight excluding hydrogens is 818 g/mol. The number of esters is 1. The number of nitrogens with zero attached hydrogens (tertiary/aromatic N) is 2. The van der Waals surface area contributed by atoms with Crippen LogP contribution in [-0.4, -0.2) is 107 Å². The van der Waals surface area contributed by atoms with Gasteiger partial charge in [-0.3, -0.25) is 33.6 Å². The number of fused-ring (bicyclic) bond motifs is 1. The quantitative estimate of drug-likeness (QED) is 0.126. The molecule has 2 aliphatic carbocycles. The van der Waals surface area contributed by atoms with E-state index in [9.17, 15) is 33.2 Å². The highest BCUT2D eigenvalue weighted by atomic mass is 19.1. The van der Waals surface area contributed by atoms with E-state index in [1.54, 1.807) is 37.3 Å². The van der Waals surface area contributed by atoms with E-state index < -0.39 is 71.0 Å². The molecule has 7 unspecified atom stereocenters. The fourth-order valence-electron chi connectivity index (χ4n) is 9.25. The first kappa shape index (κ1) is 48.5. The molecule has 0 aromatic heterocycles. The van der Waals surface area contributed by atoms with Crippen molar-refractivity contribution < 1.29 is 42.7 Å². The van der Waals surface area contributed by atoms with Gasteiger partial charge in [0.1, 0.15) is 24.0 Å². The van der Waals surface area contributed by atoms with Crippen LogP contribution in [0.25, 0.3) is 0 Å². The molecule has 2 heterocycles. The van der Waals surface area contributed by atoms with Crippen molar-refractivity contribution in [3.8, 4) is 0 Å². The minimum atomic E-state index is -1.11. The Balaban J connectivity index is 1.22. The van der Waals surface area contributed by atoms with Crippen molar-refractivity contribution in [2.75, 3.05) is 31.5 Å². The fraction of sp³-hybridized carbons (Fsp3) is 0.620. The number of ether oxygens (including phenoxy) is 1. The molecule has 3 amide bonds. The molecular formula is C50H68FN5O8. The molecule has 0 bridgehead atoms. The molecule has 2 aromatic rings. The zero-order chi connectivity index (χ0) is 46.3. The van der Waals surface area contributed by atoms with Crippen LogP contribution in [0.1, 0.15) is 127 Å². The van der Waals surface area contributed by atoms with Crippen LogP contribution < -0.4 is 16.0 Å². The Labute approximate surface area is 377 Å². The van der Waals surface area contributed by atoms with Gasteiger partial charge in [-0.15, -0.1) is 0 Å². The number of nitrogens with one attached hydrogen (secondary N) is 3. The van der Waals surface area contributed by atoms with Crippen molar-refractivity contribution in [1.82, 2.24) is 20.4 Å². The molecule has 348 valence electrons. The van der Waals surface area contributed by atoms with E-state index >= 15 is 4.79 Å². The fourth-order valence-corrected chi connectivity index (χ4v) is 9.25. The van der Waals surface area contributed by atoms with Crippen LogP contribution in [0.15, 0.2) is 42.5 Å². The summed E-state index contributed by atoms with van der Waals surface area (Å²) in [5.41, 5.74) is 1.92. The number of halogens is 1. The lowest BCUT2D eigenvalue weighted by Crippen LogP contribution is -2.58. The summed E-state index contributed by atoms with van der Waals surface area (Å²) >= 11 is 0. The number of hydrogen-bond acceptors (Lipinski definition) is 10. The second-order valence-corrected chi connectivity index (χ2v) is 19.6. The summed E-state index contributed by atoms with van der Waals surface area (Å²) in [5.74, 6) is -4.13. The highest BCUT2D eigenvalue weighted by Gasteiger charge is 2.47. The predicted molar refractivity (Wildman–Crippen MR) is 241 cm³/mol. The monoisotopic (exact) mass is 886 g/mol. The highest BCUT2D eigenvalue weighted by molar-refractivity contribution is 6.39. The van der Waals surface area contributed by atoms with Crippen molar-refractivity contribution in [1.29, 1.82) is 0 Å². The Kier molecular flexibility index (Phi) is 16.2. The van der Waals surface area contributed by atoms with E-state index in [2.05, 4.69) is 16.0 Å². The lowest BCUT2D eigenvalue weighted by atomic mass is 9.85. The first-order chi connectivity index (χ1) is 30.5. The van der Waals surface area contributed by atoms with Crippen molar-refractivity contribution in [3.63, 3.8) is 0 Å². The Morgan fingerprint density at radius 3 is 2.28 bits per heavy atom. The Hall–Kier alpha value is -4.98. The second-order valence-electron chi connectivity index (χ2n) is 19.6. The minimum absolute atomic E-state index is 0.00619. The molecule has 3 N–H and O–H groups in total. The molecule has 64 heavy (non-hydrogen) atoms. The van der Waals surface area contributed by atoms with Gasteiger partial charge in [0.15, 0.2) is 5.78 Å². The number of ketones is 3. The number of likely N-dealkylation sites (tertiary alicyclic amines) is 2. The first-order valence-corrected chi connectivity index (χ1v) is 23.5. The molecule has 13 nitrogen and oxygen atoms in total. The molecule has 0 spiro atoms. The molecule has 4 aliphatic rings. The average molecular weight is 886 g/mol. The summed E-state index contributed by atoms with van der Waals surface area (Å²) in [6.45, 7) is 12.1. The van der Waals surface area contributed by atoms with Gasteiger partial charge in [0.25, 0.3) is 5.91 Å². The van der Waals surface area contributed by atoms with Gasteiger partial charge < -0.3 is 30.5 Å². The summed E-state index contributed by atoms with van der Waals surface area (Å²) < 4.78 is 20.8. The summed E-state index contributed by atoms with van der Waals surface area (Å²) in [6.07, 6.45) is 6.67. The van der Waals surface area contributed by atoms with E-state index in [1.165, 1.54) is 11.0 Å². The van der Waals surface area contributed by atoms with E-state index in [0.717, 1.165) is 24.8 Å². The zero-order valence-electron chi connectivity index (χ0n) is 38.5. The molecule has 6 rings (SSSR count). The van der Waals surface area contributed by atoms with Crippen LogP contribution in [0.5, 0.6) is 0 Å². The molecule has 0 radical (unpaired) electrons. The largest absolute Gasteiger partial charge is 0.460 e. The molecule has 14 heteroatoms. The molecule has 7 atom stereocenters. The number of aryl methyl sites for hydroxylation is 1. The number of piperidine rings is 1. The lowest BCUT2D eigenvalue weighted by molar-refractivity contribution is -0.154. The highest BCUT2D eigenvalue weighted by Crippen LogP contribution is 2.33. The van der Waals surface area contributed by atoms with Crippen LogP contribution in [0.2, 0.25) is 0 Å². The van der Waals surface area contributed by atoms with Gasteiger partial charge >= 0.3 is 5.97 Å². The first-order valence-electron chi connectivity index (χ1n) is 23.5. The Bertz CT molecular complexity index is 2060. The third-order valence-electron chi connectivity index (χ3n) is 13.6. The van der Waals surface area contributed by atoms with Crippen LogP contribution in [0.3, 0.4) is 0 Å². The number of carbonyl (C=O) groups excluding carboxylic acids is 7. The van der Waals surface area contributed by atoms with E-state index in [4.69, 9.17) is 4.74 Å². The number of hydrogen-bond donors (Lipinski definition) is 3. The third-order valence-corrected chi connectivity index (χ3v) is 13.6. The second kappa shape index (κ2) is 21.3. The average Bonchev–Trinajstić information content (AvgIpc) is 4.04. The molecule has 2 aliphatic heterocycles. The van der Waals surface area contributed by atoms with Gasteiger partial charge in [0, 0.05) is 36.7 Å². The normalized spacial score (nSPS) is 22.1. The van der Waals surface area contributed by atoms with E-state index in [1.807, 2.05) is 45.6 Å². The smallest absolute Gasteiger partial charge is 0.309 e. The zero-order valence-corrected chi connectivity index (χ0v) is 38.5. The molecule has 1 saturated carbocycles. The topological polar surface area (TPSA) is 171 Å². The van der Waals surface area contributed by atoms with Crippen LogP contribution in [0, 0.1) is 29.0 Å². The van der Waals surface area contributed by atoms with Gasteiger partial charge in [-0.05, 0) is 118 Å².